The molecule has 0 bridgehead atoms. The van der Waals surface area contributed by atoms with Crippen molar-refractivity contribution in [1.29, 1.82) is 0 Å². The highest BCUT2D eigenvalue weighted by atomic mass is 16.5. The van der Waals surface area contributed by atoms with Crippen LogP contribution in [0, 0.1) is 5.92 Å². The molecule has 1 unspecified atom stereocenters. The van der Waals surface area contributed by atoms with Crippen molar-refractivity contribution in [3.8, 4) is 11.4 Å². The van der Waals surface area contributed by atoms with E-state index in [1.165, 1.54) is 0 Å². The van der Waals surface area contributed by atoms with Crippen molar-refractivity contribution in [2.75, 3.05) is 13.1 Å². The number of rotatable bonds is 5. The Morgan fingerprint density at radius 3 is 2.96 bits per heavy atom. The second-order valence-electron chi connectivity index (χ2n) is 6.14. The van der Waals surface area contributed by atoms with Crippen LogP contribution < -0.4 is 0 Å². The zero-order chi connectivity index (χ0) is 16.4. The summed E-state index contributed by atoms with van der Waals surface area (Å²) in [6.45, 7) is 2.90. The Labute approximate surface area is 139 Å². The van der Waals surface area contributed by atoms with Crippen molar-refractivity contribution >= 4 is 0 Å². The molecule has 1 aliphatic heterocycles. The molecular weight excluding hydrogens is 306 g/mol. The van der Waals surface area contributed by atoms with Gasteiger partial charge in [-0.1, -0.05) is 5.16 Å². The van der Waals surface area contributed by atoms with Crippen molar-refractivity contribution in [3.63, 3.8) is 0 Å². The summed E-state index contributed by atoms with van der Waals surface area (Å²) in [6.07, 6.45) is 7.00. The molecule has 4 heterocycles. The average molecular weight is 325 g/mol. The molecule has 0 N–H and O–H groups in total. The van der Waals surface area contributed by atoms with Gasteiger partial charge < -0.3 is 4.52 Å². The van der Waals surface area contributed by atoms with Gasteiger partial charge in [0.2, 0.25) is 11.7 Å². The van der Waals surface area contributed by atoms with E-state index in [0.29, 0.717) is 17.6 Å². The molecule has 3 aromatic heterocycles. The fraction of sp³-hybridized carbons (Fsp3) is 0.438. The number of hydrogen-bond donors (Lipinski definition) is 0. The molecule has 0 amide bonds. The van der Waals surface area contributed by atoms with Gasteiger partial charge in [-0.05, 0) is 31.0 Å². The molecule has 24 heavy (non-hydrogen) atoms. The smallest absolute Gasteiger partial charge is 0.227 e. The second-order valence-corrected chi connectivity index (χ2v) is 6.14. The molecule has 0 saturated carbocycles. The number of aryl methyl sites for hydroxylation is 1. The lowest BCUT2D eigenvalue weighted by molar-refractivity contribution is 0.295. The molecule has 124 valence electrons. The first-order valence-corrected chi connectivity index (χ1v) is 8.06. The normalized spacial score (nSPS) is 18.3. The van der Waals surface area contributed by atoms with Gasteiger partial charge in [0.1, 0.15) is 12.2 Å². The first-order chi connectivity index (χ1) is 11.8. The summed E-state index contributed by atoms with van der Waals surface area (Å²) >= 11 is 0. The fourth-order valence-corrected chi connectivity index (χ4v) is 3.09. The summed E-state index contributed by atoms with van der Waals surface area (Å²) < 4.78 is 7.24. The lowest BCUT2D eigenvalue weighted by Gasteiger charge is -2.14. The van der Waals surface area contributed by atoms with Crippen molar-refractivity contribution in [3.05, 3.63) is 42.6 Å². The first-order valence-electron chi connectivity index (χ1n) is 8.06. The monoisotopic (exact) mass is 325 g/mol. The molecule has 8 nitrogen and oxygen atoms in total. The number of likely N-dealkylation sites (tertiary alicyclic amines) is 1. The molecule has 1 fully saturated rings. The van der Waals surface area contributed by atoms with Crippen LogP contribution in [0.1, 0.15) is 18.1 Å². The maximum Gasteiger partial charge on any atom is 0.227 e. The molecule has 1 aliphatic rings. The Morgan fingerprint density at radius 2 is 2.17 bits per heavy atom. The van der Waals surface area contributed by atoms with Crippen LogP contribution in [-0.4, -0.2) is 47.9 Å². The fourth-order valence-electron chi connectivity index (χ4n) is 3.09. The topological polar surface area (TPSA) is 85.8 Å². The first kappa shape index (κ1) is 14.9. The van der Waals surface area contributed by atoms with E-state index >= 15 is 0 Å². The standard InChI is InChI=1S/C16H19N7O/c1-22-14(18-11-19-22)10-23-7-4-12(9-23)8-15-20-16(21-24-15)13-2-5-17-6-3-13/h2-3,5-6,11-12H,4,7-10H2,1H3. The van der Waals surface area contributed by atoms with Gasteiger partial charge in [-0.3, -0.25) is 14.6 Å². The molecule has 0 radical (unpaired) electrons. The third-order valence-corrected chi connectivity index (χ3v) is 4.41. The summed E-state index contributed by atoms with van der Waals surface area (Å²) in [4.78, 5) is 15.2. The van der Waals surface area contributed by atoms with Crippen LogP contribution in [0.2, 0.25) is 0 Å². The van der Waals surface area contributed by atoms with Gasteiger partial charge in [0.05, 0.1) is 6.54 Å². The maximum atomic E-state index is 5.41. The predicted octanol–water partition coefficient (Wildman–Crippen LogP) is 1.32. The largest absolute Gasteiger partial charge is 0.339 e. The predicted molar refractivity (Wildman–Crippen MR) is 85.6 cm³/mol. The van der Waals surface area contributed by atoms with Gasteiger partial charge in [-0.2, -0.15) is 10.1 Å². The lowest BCUT2D eigenvalue weighted by Crippen LogP contribution is -2.22. The summed E-state index contributed by atoms with van der Waals surface area (Å²) in [6, 6.07) is 3.76. The van der Waals surface area contributed by atoms with Crippen LogP contribution in [-0.2, 0) is 20.0 Å². The van der Waals surface area contributed by atoms with Crippen molar-refractivity contribution in [1.82, 2.24) is 34.8 Å². The molecular formula is C16H19N7O. The maximum absolute atomic E-state index is 5.41. The average Bonchev–Trinajstić information content (AvgIpc) is 3.33. The minimum absolute atomic E-state index is 0.531. The highest BCUT2D eigenvalue weighted by molar-refractivity contribution is 5.52. The SMILES string of the molecule is Cn1ncnc1CN1CCC(Cc2nc(-c3ccncc3)no2)C1. The molecule has 1 atom stereocenters. The summed E-state index contributed by atoms with van der Waals surface area (Å²) in [7, 11) is 1.93. The number of hydrogen-bond acceptors (Lipinski definition) is 7. The van der Waals surface area contributed by atoms with Gasteiger partial charge in [-0.25, -0.2) is 4.98 Å². The third-order valence-electron chi connectivity index (χ3n) is 4.41. The minimum atomic E-state index is 0.531. The van der Waals surface area contributed by atoms with E-state index in [-0.39, 0.29) is 0 Å². The Bertz CT molecular complexity index is 798. The van der Waals surface area contributed by atoms with E-state index in [2.05, 4.69) is 30.1 Å². The highest BCUT2D eigenvalue weighted by Gasteiger charge is 2.25. The van der Waals surface area contributed by atoms with Crippen LogP contribution in [0.25, 0.3) is 11.4 Å². The zero-order valence-electron chi connectivity index (χ0n) is 13.5. The van der Waals surface area contributed by atoms with Gasteiger partial charge in [-0.15, -0.1) is 0 Å². The van der Waals surface area contributed by atoms with E-state index < -0.39 is 0 Å². The molecule has 8 heteroatoms. The Balaban J connectivity index is 1.35. The molecule has 0 aromatic carbocycles. The summed E-state index contributed by atoms with van der Waals surface area (Å²) in [5, 5.41) is 8.19. The lowest BCUT2D eigenvalue weighted by atomic mass is 10.1. The Morgan fingerprint density at radius 1 is 1.29 bits per heavy atom. The van der Waals surface area contributed by atoms with Gasteiger partial charge >= 0.3 is 0 Å². The molecule has 4 rings (SSSR count). The molecule has 0 aliphatic carbocycles. The van der Waals surface area contributed by atoms with Crippen LogP contribution >= 0.6 is 0 Å². The molecule has 3 aromatic rings. The number of pyridine rings is 1. The van der Waals surface area contributed by atoms with Gasteiger partial charge in [0, 0.05) is 38.0 Å². The summed E-state index contributed by atoms with van der Waals surface area (Å²) in [5.41, 5.74) is 0.926. The van der Waals surface area contributed by atoms with E-state index in [0.717, 1.165) is 43.9 Å². The Hall–Kier alpha value is -2.61. The minimum Gasteiger partial charge on any atom is -0.339 e. The van der Waals surface area contributed by atoms with Gasteiger partial charge in [0.15, 0.2) is 0 Å². The third kappa shape index (κ3) is 3.18. The summed E-state index contributed by atoms with van der Waals surface area (Å²) in [5.74, 6) is 2.85. The Kier molecular flexibility index (Phi) is 4.04. The van der Waals surface area contributed by atoms with Crippen LogP contribution in [0.3, 0.4) is 0 Å². The molecule has 1 saturated heterocycles. The van der Waals surface area contributed by atoms with Crippen molar-refractivity contribution < 1.29 is 4.52 Å². The van der Waals surface area contributed by atoms with Crippen LogP contribution in [0.5, 0.6) is 0 Å². The van der Waals surface area contributed by atoms with Crippen molar-refractivity contribution in [2.24, 2.45) is 13.0 Å². The van der Waals surface area contributed by atoms with Crippen LogP contribution in [0.15, 0.2) is 35.4 Å². The quantitative estimate of drug-likeness (QED) is 0.699. The zero-order valence-corrected chi connectivity index (χ0v) is 13.5. The number of nitrogens with zero attached hydrogens (tertiary/aromatic N) is 7. The van der Waals surface area contributed by atoms with Gasteiger partial charge in [0.25, 0.3) is 0 Å². The second kappa shape index (κ2) is 6.48. The van der Waals surface area contributed by atoms with E-state index in [1.807, 2.05) is 23.9 Å². The van der Waals surface area contributed by atoms with E-state index in [9.17, 15) is 0 Å². The molecule has 0 spiro atoms. The van der Waals surface area contributed by atoms with Crippen molar-refractivity contribution in [2.45, 2.75) is 19.4 Å². The highest BCUT2D eigenvalue weighted by Crippen LogP contribution is 2.22. The van der Waals surface area contributed by atoms with E-state index in [1.54, 1.807) is 18.7 Å². The van der Waals surface area contributed by atoms with Crippen LogP contribution in [0.4, 0.5) is 0 Å². The number of aromatic nitrogens is 6. The van der Waals surface area contributed by atoms with E-state index in [4.69, 9.17) is 4.52 Å².